The van der Waals surface area contributed by atoms with Gasteiger partial charge in [0.05, 0.1) is 11.9 Å². The van der Waals surface area contributed by atoms with Crippen LogP contribution in [0, 0.1) is 6.92 Å². The van der Waals surface area contributed by atoms with Crippen molar-refractivity contribution in [3.63, 3.8) is 0 Å². The zero-order valence-corrected chi connectivity index (χ0v) is 15.9. The van der Waals surface area contributed by atoms with Gasteiger partial charge in [-0.15, -0.1) is 0 Å². The fourth-order valence-corrected chi connectivity index (χ4v) is 3.91. The number of carbonyl (C=O) groups excluding carboxylic acids is 1. The number of hydrogen-bond acceptors (Lipinski definition) is 3. The Bertz CT molecular complexity index is 868. The number of carbonyl (C=O) groups is 1. The molecule has 1 amide bonds. The summed E-state index contributed by atoms with van der Waals surface area (Å²) in [6.07, 6.45) is 1.07. The van der Waals surface area contributed by atoms with Crippen molar-refractivity contribution in [2.24, 2.45) is 0 Å². The molecule has 0 aliphatic rings. The fourth-order valence-electron chi connectivity index (χ4n) is 2.56. The highest BCUT2D eigenvalue weighted by molar-refractivity contribution is 7.92. The standard InChI is InChI=1S/C18H21ClN2O3S/c1-13-7-4-5-8-15(13)12-20-18(22)14(2)21(25(3,23)24)17-10-6-9-16(19)11-17/h4-11,14H,12H2,1-3H3,(H,20,22)/t14-/m0/s1. The summed E-state index contributed by atoms with van der Waals surface area (Å²) in [5, 5.41) is 3.20. The van der Waals surface area contributed by atoms with Gasteiger partial charge in [-0.05, 0) is 43.2 Å². The highest BCUT2D eigenvalue weighted by Crippen LogP contribution is 2.24. The fraction of sp³-hybridized carbons (Fsp3) is 0.278. The van der Waals surface area contributed by atoms with Crippen LogP contribution in [0.4, 0.5) is 5.69 Å². The molecule has 0 radical (unpaired) electrons. The lowest BCUT2D eigenvalue weighted by Gasteiger charge is -2.28. The second kappa shape index (κ2) is 7.89. The Kier molecular flexibility index (Phi) is 6.08. The molecular formula is C18H21ClN2O3S. The summed E-state index contributed by atoms with van der Waals surface area (Å²) < 4.78 is 25.5. The molecule has 1 atom stereocenters. The van der Waals surface area contributed by atoms with Crippen molar-refractivity contribution in [2.45, 2.75) is 26.4 Å². The maximum absolute atomic E-state index is 12.5. The average Bonchev–Trinajstić information content (AvgIpc) is 2.52. The van der Waals surface area contributed by atoms with Crippen LogP contribution in [0.15, 0.2) is 48.5 Å². The molecular weight excluding hydrogens is 360 g/mol. The minimum Gasteiger partial charge on any atom is -0.350 e. The molecule has 0 spiro atoms. The Morgan fingerprint density at radius 1 is 1.20 bits per heavy atom. The topological polar surface area (TPSA) is 66.5 Å². The molecule has 2 aromatic rings. The predicted octanol–water partition coefficient (Wildman–Crippen LogP) is 3.12. The van der Waals surface area contributed by atoms with E-state index in [2.05, 4.69) is 5.32 Å². The maximum Gasteiger partial charge on any atom is 0.243 e. The smallest absolute Gasteiger partial charge is 0.243 e. The van der Waals surface area contributed by atoms with Crippen LogP contribution < -0.4 is 9.62 Å². The first-order valence-electron chi connectivity index (χ1n) is 7.77. The highest BCUT2D eigenvalue weighted by Gasteiger charge is 2.29. The molecule has 1 N–H and O–H groups in total. The second-order valence-electron chi connectivity index (χ2n) is 5.86. The van der Waals surface area contributed by atoms with Crippen LogP contribution in [0.3, 0.4) is 0 Å². The van der Waals surface area contributed by atoms with Crippen LogP contribution >= 0.6 is 11.6 Å². The molecule has 134 valence electrons. The molecule has 0 unspecified atom stereocenters. The van der Waals surface area contributed by atoms with Crippen LogP contribution in [-0.2, 0) is 21.4 Å². The molecule has 0 aliphatic heterocycles. The van der Waals surface area contributed by atoms with E-state index < -0.39 is 16.1 Å². The van der Waals surface area contributed by atoms with Crippen LogP contribution in [0.2, 0.25) is 5.02 Å². The van der Waals surface area contributed by atoms with Crippen molar-refractivity contribution in [1.29, 1.82) is 0 Å². The lowest BCUT2D eigenvalue weighted by molar-refractivity contribution is -0.122. The molecule has 2 aromatic carbocycles. The van der Waals surface area contributed by atoms with E-state index in [1.165, 1.54) is 6.07 Å². The van der Waals surface area contributed by atoms with Crippen molar-refractivity contribution >= 4 is 33.2 Å². The minimum atomic E-state index is -3.66. The van der Waals surface area contributed by atoms with Crippen LogP contribution in [0.5, 0.6) is 0 Å². The number of nitrogens with one attached hydrogen (secondary N) is 1. The number of nitrogens with zero attached hydrogens (tertiary/aromatic N) is 1. The third-order valence-corrected chi connectivity index (χ3v) is 5.34. The van der Waals surface area contributed by atoms with Gasteiger partial charge in [0, 0.05) is 11.6 Å². The van der Waals surface area contributed by atoms with Gasteiger partial charge in [-0.3, -0.25) is 9.10 Å². The summed E-state index contributed by atoms with van der Waals surface area (Å²) in [7, 11) is -3.66. The van der Waals surface area contributed by atoms with Gasteiger partial charge in [-0.1, -0.05) is 41.9 Å². The molecule has 25 heavy (non-hydrogen) atoms. The molecule has 2 rings (SSSR count). The van der Waals surface area contributed by atoms with E-state index in [-0.39, 0.29) is 5.91 Å². The summed E-state index contributed by atoms with van der Waals surface area (Å²) in [6, 6.07) is 13.2. The Balaban J connectivity index is 2.20. The van der Waals surface area contributed by atoms with E-state index in [4.69, 9.17) is 11.6 Å². The van der Waals surface area contributed by atoms with Gasteiger partial charge in [0.25, 0.3) is 0 Å². The molecule has 0 bridgehead atoms. The van der Waals surface area contributed by atoms with Gasteiger partial charge in [0.2, 0.25) is 15.9 Å². The van der Waals surface area contributed by atoms with E-state index in [1.807, 2.05) is 31.2 Å². The number of benzene rings is 2. The van der Waals surface area contributed by atoms with E-state index in [9.17, 15) is 13.2 Å². The average molecular weight is 381 g/mol. The Hall–Kier alpha value is -2.05. The SMILES string of the molecule is Cc1ccccc1CNC(=O)[C@H](C)N(c1cccc(Cl)c1)S(C)(=O)=O. The molecule has 0 fully saturated rings. The highest BCUT2D eigenvalue weighted by atomic mass is 35.5. The Labute approximate surface area is 153 Å². The predicted molar refractivity (Wildman–Crippen MR) is 101 cm³/mol. The van der Waals surface area contributed by atoms with Crippen molar-refractivity contribution in [1.82, 2.24) is 5.32 Å². The Morgan fingerprint density at radius 3 is 2.48 bits per heavy atom. The zero-order chi connectivity index (χ0) is 18.6. The molecule has 0 aromatic heterocycles. The number of aryl methyl sites for hydroxylation is 1. The van der Waals surface area contributed by atoms with Gasteiger partial charge in [-0.25, -0.2) is 8.42 Å². The van der Waals surface area contributed by atoms with Crippen LogP contribution in [-0.4, -0.2) is 26.6 Å². The first kappa shape index (κ1) is 19.3. The minimum absolute atomic E-state index is 0.336. The quantitative estimate of drug-likeness (QED) is 0.837. The summed E-state index contributed by atoms with van der Waals surface area (Å²) in [5.74, 6) is -0.381. The Morgan fingerprint density at radius 2 is 1.88 bits per heavy atom. The van der Waals surface area contributed by atoms with E-state index in [0.29, 0.717) is 17.3 Å². The molecule has 7 heteroatoms. The summed E-state index contributed by atoms with van der Waals surface area (Å²) in [4.78, 5) is 12.5. The number of rotatable bonds is 6. The number of hydrogen-bond donors (Lipinski definition) is 1. The van der Waals surface area contributed by atoms with E-state index >= 15 is 0 Å². The largest absolute Gasteiger partial charge is 0.350 e. The molecule has 0 saturated carbocycles. The first-order valence-corrected chi connectivity index (χ1v) is 10.00. The van der Waals surface area contributed by atoms with Crippen molar-refractivity contribution in [2.75, 3.05) is 10.6 Å². The number of sulfonamides is 1. The van der Waals surface area contributed by atoms with E-state index in [0.717, 1.165) is 21.7 Å². The summed E-state index contributed by atoms with van der Waals surface area (Å²) in [6.45, 7) is 3.85. The normalized spacial score (nSPS) is 12.5. The second-order valence-corrected chi connectivity index (χ2v) is 8.15. The van der Waals surface area contributed by atoms with Crippen molar-refractivity contribution < 1.29 is 13.2 Å². The lowest BCUT2D eigenvalue weighted by Crippen LogP contribution is -2.47. The summed E-state index contributed by atoms with van der Waals surface area (Å²) >= 11 is 5.96. The van der Waals surface area contributed by atoms with Gasteiger partial charge in [0.15, 0.2) is 0 Å². The third-order valence-electron chi connectivity index (χ3n) is 3.87. The van der Waals surface area contributed by atoms with Crippen LogP contribution in [0.25, 0.3) is 0 Å². The number of amides is 1. The molecule has 0 heterocycles. The monoisotopic (exact) mass is 380 g/mol. The zero-order valence-electron chi connectivity index (χ0n) is 14.4. The molecule has 0 aliphatic carbocycles. The lowest BCUT2D eigenvalue weighted by atomic mass is 10.1. The van der Waals surface area contributed by atoms with Crippen molar-refractivity contribution in [3.8, 4) is 0 Å². The van der Waals surface area contributed by atoms with Gasteiger partial charge in [-0.2, -0.15) is 0 Å². The van der Waals surface area contributed by atoms with E-state index in [1.54, 1.807) is 25.1 Å². The number of halogens is 1. The third kappa shape index (κ3) is 4.96. The molecule has 0 saturated heterocycles. The molecule has 5 nitrogen and oxygen atoms in total. The van der Waals surface area contributed by atoms with Crippen molar-refractivity contribution in [3.05, 3.63) is 64.7 Å². The van der Waals surface area contributed by atoms with Gasteiger partial charge < -0.3 is 5.32 Å². The van der Waals surface area contributed by atoms with Gasteiger partial charge in [0.1, 0.15) is 6.04 Å². The number of anilines is 1. The first-order chi connectivity index (χ1) is 11.7. The van der Waals surface area contributed by atoms with Crippen LogP contribution in [0.1, 0.15) is 18.1 Å². The maximum atomic E-state index is 12.5. The summed E-state index contributed by atoms with van der Waals surface area (Å²) in [5.41, 5.74) is 2.40. The van der Waals surface area contributed by atoms with Gasteiger partial charge >= 0.3 is 0 Å².